The lowest BCUT2D eigenvalue weighted by atomic mass is 10.1. The molecule has 0 unspecified atom stereocenters. The lowest BCUT2D eigenvalue weighted by Crippen LogP contribution is -2.36. The van der Waals surface area contributed by atoms with Crippen LogP contribution in [0.5, 0.6) is 0 Å². The van der Waals surface area contributed by atoms with Crippen LogP contribution in [0.2, 0.25) is 0 Å². The van der Waals surface area contributed by atoms with E-state index in [1.807, 2.05) is 13.8 Å². The Kier molecular flexibility index (Phi) is 7.82. The molecule has 1 aromatic heterocycles. The number of aromatic nitrogens is 1. The van der Waals surface area contributed by atoms with Gasteiger partial charge in [-0.15, -0.1) is 11.3 Å². The van der Waals surface area contributed by atoms with Crippen molar-refractivity contribution >= 4 is 23.4 Å². The molecule has 25 heavy (non-hydrogen) atoms. The fourth-order valence-electron chi connectivity index (χ4n) is 2.04. The highest BCUT2D eigenvalue weighted by atomic mass is 32.1. The summed E-state index contributed by atoms with van der Waals surface area (Å²) in [6, 6.07) is -0.376. The molecule has 7 nitrogen and oxygen atoms in total. The summed E-state index contributed by atoms with van der Waals surface area (Å²) in [6.07, 6.45) is -0.521. The van der Waals surface area contributed by atoms with Gasteiger partial charge in [-0.1, -0.05) is 13.8 Å². The van der Waals surface area contributed by atoms with Gasteiger partial charge in [-0.2, -0.15) is 0 Å². The number of carbonyl (C=O) groups is 2. The monoisotopic (exact) mass is 372 g/mol. The summed E-state index contributed by atoms with van der Waals surface area (Å²) < 4.78 is 15.5. The molecular weight excluding hydrogens is 344 g/mol. The molecule has 0 radical (unpaired) electrons. The number of nitrogens with zero attached hydrogens (tertiary/aromatic N) is 1. The normalized spacial score (nSPS) is 12.8. The van der Waals surface area contributed by atoms with Gasteiger partial charge in [-0.3, -0.25) is 0 Å². The number of ether oxygens (including phenoxy) is 3. The van der Waals surface area contributed by atoms with Gasteiger partial charge in [-0.05, 0) is 33.6 Å². The predicted octanol–water partition coefficient (Wildman–Crippen LogP) is 3.69. The first kappa shape index (κ1) is 21.4. The molecule has 0 spiro atoms. The molecule has 1 N–H and O–H groups in total. The van der Waals surface area contributed by atoms with Crippen LogP contribution in [0.1, 0.15) is 68.0 Å². The number of hydrogen-bond acceptors (Lipinski definition) is 7. The van der Waals surface area contributed by atoms with Gasteiger partial charge in [0.25, 0.3) is 0 Å². The number of amides is 1. The summed E-state index contributed by atoms with van der Waals surface area (Å²) in [5, 5.41) is 3.46. The number of rotatable bonds is 7. The summed E-state index contributed by atoms with van der Waals surface area (Å²) in [6.45, 7) is 11.6. The van der Waals surface area contributed by atoms with E-state index in [2.05, 4.69) is 10.3 Å². The zero-order chi connectivity index (χ0) is 19.2. The molecule has 1 amide bonds. The van der Waals surface area contributed by atoms with Crippen LogP contribution in [0.15, 0.2) is 0 Å². The quantitative estimate of drug-likeness (QED) is 0.735. The summed E-state index contributed by atoms with van der Waals surface area (Å²) in [7, 11) is 1.55. The summed E-state index contributed by atoms with van der Waals surface area (Å²) in [5.74, 6) is -0.430. The number of nitrogens with one attached hydrogen (secondary N) is 1. The lowest BCUT2D eigenvalue weighted by Gasteiger charge is -2.24. The second kappa shape index (κ2) is 9.15. The standard InChI is InChI=1S/C17H28N2O5S/c1-8-23-15(20)13-11(9-22-7)25-14(18-13)12(10(2)3)19-16(21)24-17(4,5)6/h10,12H,8-9H2,1-7H3,(H,19,21)/t12-/m0/s1. The third-order valence-corrected chi connectivity index (χ3v) is 4.18. The molecule has 0 fully saturated rings. The Morgan fingerprint density at radius 2 is 1.92 bits per heavy atom. The molecule has 0 aliphatic carbocycles. The van der Waals surface area contributed by atoms with Gasteiger partial charge in [0.05, 0.1) is 24.1 Å². The number of alkyl carbamates (subject to hydrolysis) is 1. The maximum Gasteiger partial charge on any atom is 0.408 e. The Balaban J connectivity index is 3.09. The molecule has 142 valence electrons. The van der Waals surface area contributed by atoms with Crippen molar-refractivity contribution in [2.24, 2.45) is 5.92 Å². The molecule has 1 heterocycles. The minimum Gasteiger partial charge on any atom is -0.461 e. The molecule has 0 bridgehead atoms. The van der Waals surface area contributed by atoms with Crippen LogP contribution < -0.4 is 5.32 Å². The Hall–Kier alpha value is -1.67. The molecule has 0 aliphatic rings. The molecule has 0 aliphatic heterocycles. The van der Waals surface area contributed by atoms with Gasteiger partial charge in [0.2, 0.25) is 0 Å². The molecule has 1 rings (SSSR count). The van der Waals surface area contributed by atoms with E-state index in [0.29, 0.717) is 9.88 Å². The van der Waals surface area contributed by atoms with Gasteiger partial charge in [0.15, 0.2) is 5.69 Å². The van der Waals surface area contributed by atoms with Crippen molar-refractivity contribution in [3.63, 3.8) is 0 Å². The van der Waals surface area contributed by atoms with E-state index in [1.54, 1.807) is 34.8 Å². The Morgan fingerprint density at radius 1 is 1.28 bits per heavy atom. The second-order valence-corrected chi connectivity index (χ2v) is 7.96. The zero-order valence-electron chi connectivity index (χ0n) is 16.0. The van der Waals surface area contributed by atoms with E-state index in [-0.39, 0.29) is 30.9 Å². The molecule has 0 saturated heterocycles. The molecule has 1 atom stereocenters. The topological polar surface area (TPSA) is 86.8 Å². The van der Waals surface area contributed by atoms with E-state index >= 15 is 0 Å². The summed E-state index contributed by atoms with van der Waals surface area (Å²) >= 11 is 1.33. The van der Waals surface area contributed by atoms with Gasteiger partial charge < -0.3 is 19.5 Å². The maximum absolute atomic E-state index is 12.1. The first-order chi connectivity index (χ1) is 11.6. The minimum atomic E-state index is -0.591. The summed E-state index contributed by atoms with van der Waals surface area (Å²) in [4.78, 5) is 29.3. The third-order valence-electron chi connectivity index (χ3n) is 3.06. The van der Waals surface area contributed by atoms with Crippen LogP contribution in [0.3, 0.4) is 0 Å². The van der Waals surface area contributed by atoms with Crippen molar-refractivity contribution in [2.45, 2.75) is 59.8 Å². The van der Waals surface area contributed by atoms with Crippen LogP contribution in [-0.2, 0) is 20.8 Å². The minimum absolute atomic E-state index is 0.0594. The van der Waals surface area contributed by atoms with Crippen molar-refractivity contribution in [3.05, 3.63) is 15.6 Å². The number of methoxy groups -OCH3 is 1. The second-order valence-electron chi connectivity index (χ2n) is 6.85. The van der Waals surface area contributed by atoms with Crippen LogP contribution >= 0.6 is 11.3 Å². The van der Waals surface area contributed by atoms with Crippen LogP contribution in [-0.4, -0.2) is 36.4 Å². The average Bonchev–Trinajstić information content (AvgIpc) is 2.87. The Morgan fingerprint density at radius 3 is 2.40 bits per heavy atom. The highest BCUT2D eigenvalue weighted by molar-refractivity contribution is 7.12. The number of carbonyl (C=O) groups excluding carboxylic acids is 2. The third kappa shape index (κ3) is 6.62. The van der Waals surface area contributed by atoms with Crippen molar-refractivity contribution < 1.29 is 23.8 Å². The van der Waals surface area contributed by atoms with E-state index in [1.165, 1.54) is 11.3 Å². The first-order valence-electron chi connectivity index (χ1n) is 8.24. The molecular formula is C17H28N2O5S. The van der Waals surface area contributed by atoms with Gasteiger partial charge >= 0.3 is 12.1 Å². The average molecular weight is 372 g/mol. The fourth-order valence-corrected chi connectivity index (χ4v) is 3.29. The van der Waals surface area contributed by atoms with Crippen LogP contribution in [0.25, 0.3) is 0 Å². The van der Waals surface area contributed by atoms with Crippen LogP contribution in [0.4, 0.5) is 4.79 Å². The molecule has 0 aromatic carbocycles. The van der Waals surface area contributed by atoms with Crippen molar-refractivity contribution in [3.8, 4) is 0 Å². The first-order valence-corrected chi connectivity index (χ1v) is 9.05. The van der Waals surface area contributed by atoms with Crippen molar-refractivity contribution in [2.75, 3.05) is 13.7 Å². The smallest absolute Gasteiger partial charge is 0.408 e. The Bertz CT molecular complexity index is 592. The lowest BCUT2D eigenvalue weighted by molar-refractivity contribution is 0.0489. The van der Waals surface area contributed by atoms with Crippen molar-refractivity contribution in [1.29, 1.82) is 0 Å². The van der Waals surface area contributed by atoms with Crippen molar-refractivity contribution in [1.82, 2.24) is 10.3 Å². The molecule has 8 heteroatoms. The number of hydrogen-bond donors (Lipinski definition) is 1. The number of thiazole rings is 1. The Labute approximate surface area is 153 Å². The van der Waals surface area contributed by atoms with E-state index in [9.17, 15) is 9.59 Å². The molecule has 0 saturated carbocycles. The highest BCUT2D eigenvalue weighted by Gasteiger charge is 2.28. The SMILES string of the molecule is CCOC(=O)c1nc([C@@H](NC(=O)OC(C)(C)C)C(C)C)sc1COC. The zero-order valence-corrected chi connectivity index (χ0v) is 16.8. The predicted molar refractivity (Wildman–Crippen MR) is 95.7 cm³/mol. The van der Waals surface area contributed by atoms with Gasteiger partial charge in [0.1, 0.15) is 10.6 Å². The fraction of sp³-hybridized carbons (Fsp3) is 0.706. The van der Waals surface area contributed by atoms with E-state index in [4.69, 9.17) is 14.2 Å². The van der Waals surface area contributed by atoms with Gasteiger partial charge in [-0.25, -0.2) is 14.6 Å². The van der Waals surface area contributed by atoms with Gasteiger partial charge in [0, 0.05) is 7.11 Å². The maximum atomic E-state index is 12.1. The van der Waals surface area contributed by atoms with E-state index in [0.717, 1.165) is 0 Å². The van der Waals surface area contributed by atoms with Crippen LogP contribution in [0, 0.1) is 5.92 Å². The highest BCUT2D eigenvalue weighted by Crippen LogP contribution is 2.30. The number of esters is 1. The molecule has 1 aromatic rings. The summed E-state index contributed by atoms with van der Waals surface area (Å²) in [5.41, 5.74) is -0.355. The largest absolute Gasteiger partial charge is 0.461 e. The van der Waals surface area contributed by atoms with E-state index < -0.39 is 17.7 Å².